The van der Waals surface area contributed by atoms with Crippen LogP contribution in [-0.4, -0.2) is 58.2 Å². The first-order valence-corrected chi connectivity index (χ1v) is 10.7. The fourth-order valence-corrected chi connectivity index (χ4v) is 4.71. The molecule has 1 heterocycles. The van der Waals surface area contributed by atoms with Gasteiger partial charge in [-0.1, -0.05) is 11.6 Å². The van der Waals surface area contributed by atoms with Crippen LogP contribution in [0, 0.1) is 5.82 Å². The molecule has 1 fully saturated rings. The molecule has 0 aromatic heterocycles. The summed E-state index contributed by atoms with van der Waals surface area (Å²) in [5, 5.41) is 2.35. The molecule has 1 aliphatic heterocycles. The first-order valence-electron chi connectivity index (χ1n) is 8.89. The zero-order valence-corrected chi connectivity index (χ0v) is 17.5. The Morgan fingerprint density at radius 2 is 2.07 bits per heavy atom. The van der Waals surface area contributed by atoms with Crippen molar-refractivity contribution >= 4 is 33.2 Å². The van der Waals surface area contributed by atoms with Crippen molar-refractivity contribution in [3.8, 4) is 5.75 Å². The number of carbonyl (C=O) groups excluding carboxylic acids is 1. The first-order chi connectivity index (χ1) is 14.2. The van der Waals surface area contributed by atoms with Crippen LogP contribution in [-0.2, 0) is 14.8 Å². The van der Waals surface area contributed by atoms with Crippen LogP contribution >= 0.6 is 11.6 Å². The predicted molar refractivity (Wildman–Crippen MR) is 107 cm³/mol. The van der Waals surface area contributed by atoms with E-state index in [-0.39, 0.29) is 53.2 Å². The fraction of sp³-hybridized carbons (Fsp3) is 0.316. The summed E-state index contributed by atoms with van der Waals surface area (Å²) in [5.41, 5.74) is 0.245. The minimum Gasteiger partial charge on any atom is -0.495 e. The normalized spacial score (nSPS) is 17.9. The van der Waals surface area contributed by atoms with E-state index in [0.717, 1.165) is 16.4 Å². The molecule has 11 heteroatoms. The van der Waals surface area contributed by atoms with Crippen molar-refractivity contribution in [1.29, 1.82) is 0 Å². The van der Waals surface area contributed by atoms with Crippen molar-refractivity contribution in [3.05, 3.63) is 52.8 Å². The molecule has 2 aromatic rings. The van der Waals surface area contributed by atoms with E-state index in [2.05, 4.69) is 5.32 Å². The van der Waals surface area contributed by atoms with Crippen molar-refractivity contribution in [2.75, 3.05) is 38.7 Å². The maximum absolute atomic E-state index is 13.9. The molecule has 1 unspecified atom stereocenters. The second kappa shape index (κ2) is 9.25. The molecular formula is C19H19ClF2N2O5S. The van der Waals surface area contributed by atoms with Gasteiger partial charge in [-0.05, 0) is 36.4 Å². The van der Waals surface area contributed by atoms with E-state index in [0.29, 0.717) is 0 Å². The number of amides is 1. The monoisotopic (exact) mass is 460 g/mol. The van der Waals surface area contributed by atoms with Crippen LogP contribution < -0.4 is 10.1 Å². The number of methoxy groups -OCH3 is 1. The molecule has 0 radical (unpaired) electrons. The van der Waals surface area contributed by atoms with Gasteiger partial charge in [-0.15, -0.1) is 0 Å². The Labute approximate surface area is 177 Å². The summed E-state index contributed by atoms with van der Waals surface area (Å²) in [5.74, 6) is -1.27. The molecule has 30 heavy (non-hydrogen) atoms. The Bertz CT molecular complexity index is 1050. The molecule has 0 aliphatic carbocycles. The van der Waals surface area contributed by atoms with Crippen LogP contribution in [0.3, 0.4) is 0 Å². The van der Waals surface area contributed by atoms with Crippen molar-refractivity contribution < 1.29 is 31.5 Å². The van der Waals surface area contributed by atoms with Crippen molar-refractivity contribution in [2.45, 2.75) is 11.1 Å². The van der Waals surface area contributed by atoms with Gasteiger partial charge in [0.2, 0.25) is 10.0 Å². The van der Waals surface area contributed by atoms with Gasteiger partial charge in [0, 0.05) is 24.3 Å². The van der Waals surface area contributed by atoms with E-state index < -0.39 is 27.9 Å². The van der Waals surface area contributed by atoms with E-state index in [1.165, 1.54) is 31.4 Å². The molecule has 1 N–H and O–H groups in total. The van der Waals surface area contributed by atoms with Gasteiger partial charge in [-0.2, -0.15) is 4.31 Å². The van der Waals surface area contributed by atoms with E-state index in [1.54, 1.807) is 0 Å². The number of nitrogens with zero attached hydrogens (tertiary/aromatic N) is 1. The standard InChI is InChI=1S/C19H19ClF2N2O5S/c1-28-17-5-2-12(19(25)23-14-3-4-16(22)15(20)9-14)8-18(17)30(26,27)24-6-7-29-11-13(21)10-24/h2-5,8-9,13H,6-7,10-11H2,1H3,(H,23,25). The number of benzene rings is 2. The molecule has 2 aromatic carbocycles. The average molecular weight is 461 g/mol. The van der Waals surface area contributed by atoms with Gasteiger partial charge in [-0.3, -0.25) is 4.79 Å². The smallest absolute Gasteiger partial charge is 0.255 e. The second-order valence-corrected chi connectivity index (χ2v) is 8.80. The lowest BCUT2D eigenvalue weighted by atomic mass is 10.2. The maximum Gasteiger partial charge on any atom is 0.255 e. The number of hydrogen-bond donors (Lipinski definition) is 1. The third-order valence-corrected chi connectivity index (χ3v) is 6.58. The number of carbonyl (C=O) groups is 1. The van der Waals surface area contributed by atoms with Crippen molar-refractivity contribution in [2.24, 2.45) is 0 Å². The number of halogens is 3. The number of ether oxygens (including phenoxy) is 2. The van der Waals surface area contributed by atoms with Crippen LogP contribution in [0.2, 0.25) is 5.02 Å². The summed E-state index contributed by atoms with van der Waals surface area (Å²) in [6.07, 6.45) is -1.47. The molecule has 3 rings (SSSR count). The molecule has 0 saturated carbocycles. The zero-order valence-electron chi connectivity index (χ0n) is 15.9. The number of sulfonamides is 1. The van der Waals surface area contributed by atoms with Gasteiger partial charge in [0.05, 0.1) is 25.3 Å². The summed E-state index contributed by atoms with van der Waals surface area (Å²) in [6.45, 7) is -0.536. The lowest BCUT2D eigenvalue weighted by molar-refractivity contribution is 0.102. The minimum atomic E-state index is -4.16. The maximum atomic E-state index is 13.9. The highest BCUT2D eigenvalue weighted by Gasteiger charge is 2.32. The van der Waals surface area contributed by atoms with E-state index in [4.69, 9.17) is 21.1 Å². The quantitative estimate of drug-likeness (QED) is 0.741. The van der Waals surface area contributed by atoms with Crippen LogP contribution in [0.25, 0.3) is 0 Å². The molecule has 0 spiro atoms. The third kappa shape index (κ3) is 4.89. The summed E-state index contributed by atoms with van der Waals surface area (Å²) in [7, 11) is -2.87. The van der Waals surface area contributed by atoms with Crippen LogP contribution in [0.5, 0.6) is 5.75 Å². The summed E-state index contributed by atoms with van der Waals surface area (Å²) in [4.78, 5) is 12.3. The Kier molecular flexibility index (Phi) is 6.91. The van der Waals surface area contributed by atoms with Crippen LogP contribution in [0.15, 0.2) is 41.3 Å². The first kappa shape index (κ1) is 22.4. The third-order valence-electron chi connectivity index (χ3n) is 4.41. The summed E-state index contributed by atoms with van der Waals surface area (Å²) < 4.78 is 64.6. The van der Waals surface area contributed by atoms with Gasteiger partial charge in [0.1, 0.15) is 22.6 Å². The number of rotatable bonds is 5. The number of hydrogen-bond acceptors (Lipinski definition) is 5. The lowest BCUT2D eigenvalue weighted by Gasteiger charge is -2.22. The summed E-state index contributed by atoms with van der Waals surface area (Å²) >= 11 is 5.71. The highest BCUT2D eigenvalue weighted by atomic mass is 35.5. The van der Waals surface area contributed by atoms with Gasteiger partial charge in [0.15, 0.2) is 0 Å². The average Bonchev–Trinajstić information content (AvgIpc) is 2.95. The number of alkyl halides is 1. The Hall–Kier alpha value is -2.27. The molecular weight excluding hydrogens is 442 g/mol. The van der Waals surface area contributed by atoms with Gasteiger partial charge in [0.25, 0.3) is 5.91 Å². The van der Waals surface area contributed by atoms with Crippen LogP contribution in [0.1, 0.15) is 10.4 Å². The Morgan fingerprint density at radius 3 is 2.77 bits per heavy atom. The Balaban J connectivity index is 1.92. The molecule has 1 atom stereocenters. The minimum absolute atomic E-state index is 0.0111. The number of anilines is 1. The fourth-order valence-electron chi connectivity index (χ4n) is 2.90. The lowest BCUT2D eigenvalue weighted by Crippen LogP contribution is -2.36. The molecule has 1 aliphatic rings. The zero-order chi connectivity index (χ0) is 21.9. The molecule has 162 valence electrons. The highest BCUT2D eigenvalue weighted by molar-refractivity contribution is 7.89. The van der Waals surface area contributed by atoms with Crippen LogP contribution in [0.4, 0.5) is 14.5 Å². The predicted octanol–water partition coefficient (Wildman–Crippen LogP) is 3.10. The van der Waals surface area contributed by atoms with E-state index in [1.807, 2.05) is 0 Å². The topological polar surface area (TPSA) is 84.9 Å². The molecule has 0 bridgehead atoms. The molecule has 1 saturated heterocycles. The highest BCUT2D eigenvalue weighted by Crippen LogP contribution is 2.29. The molecule has 7 nitrogen and oxygen atoms in total. The van der Waals surface area contributed by atoms with Gasteiger partial charge in [-0.25, -0.2) is 17.2 Å². The van der Waals surface area contributed by atoms with E-state index >= 15 is 0 Å². The Morgan fingerprint density at radius 1 is 1.30 bits per heavy atom. The molecule has 1 amide bonds. The summed E-state index contributed by atoms with van der Waals surface area (Å²) in [6, 6.07) is 7.50. The van der Waals surface area contributed by atoms with Crippen molar-refractivity contribution in [3.63, 3.8) is 0 Å². The largest absolute Gasteiger partial charge is 0.495 e. The SMILES string of the molecule is COc1ccc(C(=O)Nc2ccc(F)c(Cl)c2)cc1S(=O)(=O)N1CCOCC(F)C1. The van der Waals surface area contributed by atoms with Gasteiger partial charge >= 0.3 is 0 Å². The second-order valence-electron chi connectivity index (χ2n) is 6.48. The van der Waals surface area contributed by atoms with E-state index in [9.17, 15) is 22.0 Å². The number of nitrogens with one attached hydrogen (secondary N) is 1. The van der Waals surface area contributed by atoms with Gasteiger partial charge < -0.3 is 14.8 Å². The van der Waals surface area contributed by atoms with Crippen molar-refractivity contribution in [1.82, 2.24) is 4.31 Å².